The van der Waals surface area contributed by atoms with Gasteiger partial charge in [-0.2, -0.15) is 0 Å². The van der Waals surface area contributed by atoms with Gasteiger partial charge in [0.1, 0.15) is 6.54 Å². The Morgan fingerprint density at radius 2 is 1.73 bits per heavy atom. The third-order valence-corrected chi connectivity index (χ3v) is 2.79. The van der Waals surface area contributed by atoms with Crippen LogP contribution in [0, 0.1) is 17.3 Å². The molecule has 0 heterocycles. The largest absolute Gasteiger partial charge is 0.481 e. The molecule has 0 aromatic rings. The highest BCUT2D eigenvalue weighted by Crippen LogP contribution is 2.58. The third-order valence-electron chi connectivity index (χ3n) is 2.79. The highest BCUT2D eigenvalue weighted by Gasteiger charge is 2.65. The number of carbonyl (C=O) groups is 3. The Balaban J connectivity index is 2.56. The summed E-state index contributed by atoms with van der Waals surface area (Å²) in [5.74, 6) is -4.01. The van der Waals surface area contributed by atoms with Crippen LogP contribution >= 0.6 is 0 Å². The molecule has 1 amide bonds. The monoisotopic (exact) mass is 215 g/mol. The van der Waals surface area contributed by atoms with E-state index in [0.717, 1.165) is 0 Å². The number of nitrogens with one attached hydrogen (secondary N) is 1. The first kappa shape index (κ1) is 11.5. The van der Waals surface area contributed by atoms with E-state index in [1.165, 1.54) is 0 Å². The van der Waals surface area contributed by atoms with Gasteiger partial charge in [-0.15, -0.1) is 0 Å². The third kappa shape index (κ3) is 2.08. The first-order valence-corrected chi connectivity index (χ1v) is 4.50. The van der Waals surface area contributed by atoms with Crippen molar-refractivity contribution in [3.8, 4) is 0 Å². The number of hydrogen-bond donors (Lipinski definition) is 3. The van der Waals surface area contributed by atoms with Gasteiger partial charge in [-0.25, -0.2) is 0 Å². The smallest absolute Gasteiger partial charge is 0.322 e. The number of rotatable bonds is 4. The lowest BCUT2D eigenvalue weighted by molar-refractivity contribution is -0.140. The van der Waals surface area contributed by atoms with Crippen LogP contribution in [0.2, 0.25) is 0 Å². The fourth-order valence-corrected chi connectivity index (χ4v) is 1.86. The molecule has 6 nitrogen and oxygen atoms in total. The van der Waals surface area contributed by atoms with Gasteiger partial charge in [0.25, 0.3) is 0 Å². The van der Waals surface area contributed by atoms with E-state index in [-0.39, 0.29) is 0 Å². The summed E-state index contributed by atoms with van der Waals surface area (Å²) in [7, 11) is 0. The van der Waals surface area contributed by atoms with Crippen molar-refractivity contribution in [2.24, 2.45) is 17.3 Å². The van der Waals surface area contributed by atoms with Crippen molar-refractivity contribution in [3.63, 3.8) is 0 Å². The molecule has 0 saturated heterocycles. The van der Waals surface area contributed by atoms with Crippen LogP contribution in [0.4, 0.5) is 0 Å². The molecule has 0 aromatic heterocycles. The van der Waals surface area contributed by atoms with Crippen LogP contribution in [0.25, 0.3) is 0 Å². The minimum atomic E-state index is -1.14. The second kappa shape index (κ2) is 3.52. The number of hydrogen-bond acceptors (Lipinski definition) is 3. The molecule has 0 aliphatic heterocycles. The summed E-state index contributed by atoms with van der Waals surface area (Å²) < 4.78 is 0. The summed E-state index contributed by atoms with van der Waals surface area (Å²) in [5.41, 5.74) is -0.589. The molecular formula is C9H13NO5. The van der Waals surface area contributed by atoms with Crippen LogP contribution in [-0.2, 0) is 14.4 Å². The van der Waals surface area contributed by atoms with Gasteiger partial charge in [-0.3, -0.25) is 14.4 Å². The lowest BCUT2D eigenvalue weighted by atomic mass is 10.1. The Morgan fingerprint density at radius 1 is 1.20 bits per heavy atom. The van der Waals surface area contributed by atoms with E-state index in [2.05, 4.69) is 5.32 Å². The topological polar surface area (TPSA) is 104 Å². The maximum Gasteiger partial charge on any atom is 0.322 e. The van der Waals surface area contributed by atoms with E-state index < -0.39 is 41.6 Å². The molecule has 3 N–H and O–H groups in total. The zero-order valence-electron chi connectivity index (χ0n) is 8.48. The molecule has 1 fully saturated rings. The molecule has 6 heteroatoms. The Labute approximate surface area is 86.3 Å². The molecule has 15 heavy (non-hydrogen) atoms. The lowest BCUT2D eigenvalue weighted by Crippen LogP contribution is -2.32. The van der Waals surface area contributed by atoms with Crippen molar-refractivity contribution in [2.75, 3.05) is 6.54 Å². The SMILES string of the molecule is CC1(C)[C@H](C(=O)O)[C@H]1C(=O)NCC(=O)O. The maximum absolute atomic E-state index is 11.4. The van der Waals surface area contributed by atoms with Gasteiger partial charge in [0.15, 0.2) is 0 Å². The van der Waals surface area contributed by atoms with E-state index in [9.17, 15) is 14.4 Å². The van der Waals surface area contributed by atoms with Crippen molar-refractivity contribution in [3.05, 3.63) is 0 Å². The summed E-state index contributed by atoms with van der Waals surface area (Å²) in [6.45, 7) is 2.88. The molecular weight excluding hydrogens is 202 g/mol. The van der Waals surface area contributed by atoms with Crippen molar-refractivity contribution in [1.29, 1.82) is 0 Å². The summed E-state index contributed by atoms with van der Waals surface area (Å²) in [6, 6.07) is 0. The minimum Gasteiger partial charge on any atom is -0.481 e. The summed E-state index contributed by atoms with van der Waals surface area (Å²) in [6.07, 6.45) is 0. The lowest BCUT2D eigenvalue weighted by Gasteiger charge is -2.02. The molecule has 1 saturated carbocycles. The zero-order valence-corrected chi connectivity index (χ0v) is 8.48. The Morgan fingerprint density at radius 3 is 2.07 bits per heavy atom. The normalized spacial score (nSPS) is 26.8. The molecule has 0 unspecified atom stereocenters. The Hall–Kier alpha value is -1.59. The van der Waals surface area contributed by atoms with Crippen molar-refractivity contribution in [2.45, 2.75) is 13.8 Å². The predicted molar refractivity (Wildman–Crippen MR) is 49.0 cm³/mol. The highest BCUT2D eigenvalue weighted by atomic mass is 16.4. The van der Waals surface area contributed by atoms with Gasteiger partial charge < -0.3 is 15.5 Å². The van der Waals surface area contributed by atoms with Crippen molar-refractivity contribution in [1.82, 2.24) is 5.32 Å². The Kier molecular flexibility index (Phi) is 2.70. The van der Waals surface area contributed by atoms with Crippen LogP contribution in [0.3, 0.4) is 0 Å². The molecule has 2 atom stereocenters. The van der Waals surface area contributed by atoms with Gasteiger partial charge in [-0.05, 0) is 5.41 Å². The molecule has 1 rings (SSSR count). The summed E-state index contributed by atoms with van der Waals surface area (Å²) in [4.78, 5) is 32.3. The second-order valence-corrected chi connectivity index (χ2v) is 4.23. The minimum absolute atomic E-state index is 0.474. The van der Waals surface area contributed by atoms with Gasteiger partial charge in [0.2, 0.25) is 5.91 Å². The summed E-state index contributed by atoms with van der Waals surface area (Å²) in [5, 5.41) is 19.3. The number of amides is 1. The van der Waals surface area contributed by atoms with E-state index in [4.69, 9.17) is 10.2 Å². The quantitative estimate of drug-likeness (QED) is 0.589. The highest BCUT2D eigenvalue weighted by molar-refractivity contribution is 5.92. The van der Waals surface area contributed by atoms with Gasteiger partial charge in [0, 0.05) is 0 Å². The first-order valence-electron chi connectivity index (χ1n) is 4.50. The predicted octanol–water partition coefficient (Wildman–Crippen LogP) is -0.456. The van der Waals surface area contributed by atoms with Crippen LogP contribution in [-0.4, -0.2) is 34.6 Å². The Bertz CT molecular complexity index is 322. The van der Waals surface area contributed by atoms with E-state index in [1.807, 2.05) is 0 Å². The average molecular weight is 215 g/mol. The van der Waals surface area contributed by atoms with Gasteiger partial charge >= 0.3 is 11.9 Å². The molecule has 0 spiro atoms. The fraction of sp³-hybridized carbons (Fsp3) is 0.667. The molecule has 0 aromatic carbocycles. The van der Waals surface area contributed by atoms with Gasteiger partial charge in [-0.1, -0.05) is 13.8 Å². The fourth-order valence-electron chi connectivity index (χ4n) is 1.86. The number of carboxylic acids is 2. The van der Waals surface area contributed by atoms with Gasteiger partial charge in [0.05, 0.1) is 11.8 Å². The van der Waals surface area contributed by atoms with Crippen LogP contribution in [0.15, 0.2) is 0 Å². The number of carbonyl (C=O) groups excluding carboxylic acids is 1. The average Bonchev–Trinajstić information content (AvgIpc) is 2.65. The van der Waals surface area contributed by atoms with Crippen molar-refractivity contribution < 1.29 is 24.6 Å². The van der Waals surface area contributed by atoms with Crippen LogP contribution in [0.5, 0.6) is 0 Å². The molecule has 0 bridgehead atoms. The maximum atomic E-state index is 11.4. The van der Waals surface area contributed by atoms with E-state index >= 15 is 0 Å². The van der Waals surface area contributed by atoms with E-state index in [0.29, 0.717) is 0 Å². The van der Waals surface area contributed by atoms with Crippen LogP contribution in [0.1, 0.15) is 13.8 Å². The molecule has 84 valence electrons. The summed E-state index contributed by atoms with van der Waals surface area (Å²) >= 11 is 0. The standard InChI is InChI=1S/C9H13NO5/c1-9(2)5(6(9)8(14)15)7(13)10-3-4(11)12/h5-6H,3H2,1-2H3,(H,10,13)(H,11,12)(H,14,15)/t5-,6-/m0/s1. The molecule has 0 radical (unpaired) electrons. The second-order valence-electron chi connectivity index (χ2n) is 4.23. The van der Waals surface area contributed by atoms with Crippen LogP contribution < -0.4 is 5.32 Å². The number of carboxylic acid groups (broad SMARTS) is 2. The zero-order chi connectivity index (χ0) is 11.8. The first-order chi connectivity index (χ1) is 6.78. The molecule has 1 aliphatic rings. The van der Waals surface area contributed by atoms with Crippen molar-refractivity contribution >= 4 is 17.8 Å². The number of aliphatic carboxylic acids is 2. The molecule has 1 aliphatic carbocycles. The van der Waals surface area contributed by atoms with E-state index in [1.54, 1.807) is 13.8 Å².